The highest BCUT2D eigenvalue weighted by Crippen LogP contribution is 2.22. The lowest BCUT2D eigenvalue weighted by atomic mass is 10.1. The van der Waals surface area contributed by atoms with Crippen molar-refractivity contribution in [1.29, 1.82) is 5.53 Å². The van der Waals surface area contributed by atoms with Crippen LogP contribution < -0.4 is 4.90 Å². The molecule has 2 heterocycles. The quantitative estimate of drug-likeness (QED) is 0.0460. The van der Waals surface area contributed by atoms with Crippen molar-refractivity contribution in [3.8, 4) is 0 Å². The Hall–Kier alpha value is -5.06. The largest absolute Gasteiger partial charge is 0.466 e. The number of ether oxygens (including phenoxy) is 1. The van der Waals surface area contributed by atoms with Crippen molar-refractivity contribution in [1.82, 2.24) is 14.5 Å². The summed E-state index contributed by atoms with van der Waals surface area (Å²) in [6.45, 7) is 4.32. The lowest BCUT2D eigenvalue weighted by Gasteiger charge is -2.21. The van der Waals surface area contributed by atoms with Gasteiger partial charge in [0.05, 0.1) is 24.1 Å². The molecule has 1 N–H and O–H groups in total. The number of aliphatic imine (C=N–C) groups is 1. The van der Waals surface area contributed by atoms with Crippen LogP contribution >= 0.6 is 0 Å². The van der Waals surface area contributed by atoms with E-state index < -0.39 is 0 Å². The van der Waals surface area contributed by atoms with Crippen LogP contribution in [0.1, 0.15) is 86.1 Å². The number of aromatic nitrogens is 3. The molecule has 0 saturated carbocycles. The minimum atomic E-state index is -0.376. The predicted octanol–water partition coefficient (Wildman–Crippen LogP) is 7.02. The molecule has 246 valence electrons. The Balaban J connectivity index is 1.42. The van der Waals surface area contributed by atoms with Gasteiger partial charge in [0.15, 0.2) is 5.84 Å². The average molecular weight is 638 g/mol. The first kappa shape index (κ1) is 34.8. The molecule has 0 radical (unpaired) electrons. The summed E-state index contributed by atoms with van der Waals surface area (Å²) in [5, 5.41) is 3.50. The third kappa shape index (κ3) is 9.71. The van der Waals surface area contributed by atoms with E-state index in [0.717, 1.165) is 42.6 Å². The number of fused-ring (bicyclic) bond motifs is 1. The normalized spacial score (nSPS) is 11.4. The van der Waals surface area contributed by atoms with Gasteiger partial charge in [0.1, 0.15) is 11.6 Å². The number of imidazole rings is 1. The van der Waals surface area contributed by atoms with E-state index in [1.54, 1.807) is 43.5 Å². The van der Waals surface area contributed by atoms with Crippen LogP contribution in [0.25, 0.3) is 11.0 Å². The predicted molar refractivity (Wildman–Crippen MR) is 182 cm³/mol. The van der Waals surface area contributed by atoms with Crippen molar-refractivity contribution < 1.29 is 19.1 Å². The fraction of sp³-hybridized carbons (Fsp3) is 0.389. The minimum Gasteiger partial charge on any atom is -0.466 e. The van der Waals surface area contributed by atoms with E-state index in [1.165, 1.54) is 11.3 Å². The third-order valence-corrected chi connectivity index (χ3v) is 7.92. The van der Waals surface area contributed by atoms with Crippen LogP contribution in [0, 0.1) is 5.53 Å². The molecule has 47 heavy (non-hydrogen) atoms. The Bertz CT molecular complexity index is 1700. The lowest BCUT2D eigenvalue weighted by Crippen LogP contribution is -2.34. The smallest absolute Gasteiger partial charge is 0.307 e. The van der Waals surface area contributed by atoms with E-state index in [-0.39, 0.29) is 43.2 Å². The number of pyridine rings is 1. The monoisotopic (exact) mass is 637 g/mol. The molecule has 2 aromatic carbocycles. The molecule has 0 atom stereocenters. The van der Waals surface area contributed by atoms with Gasteiger partial charge in [0.2, 0.25) is 5.91 Å². The Labute approximate surface area is 275 Å². The van der Waals surface area contributed by atoms with Gasteiger partial charge in [-0.15, -0.1) is 5.11 Å². The standard InChI is InChI=1S/C36H43N7O4/c1-4-6-7-8-9-13-33(44)40-35(41-37)27-17-14-26(15-18-27)16-21-32-39-29-25-28(19-20-30(29)42(32)3)36(46)43(24-22-34(45)47-5-2)31-12-10-11-23-38-31/h10-12,14-15,17-20,23,25,37H,4-9,13,16,21-22,24H2,1-3H3. The summed E-state index contributed by atoms with van der Waals surface area (Å²) in [6.07, 6.45) is 8.64. The van der Waals surface area contributed by atoms with Crippen molar-refractivity contribution >= 4 is 40.5 Å². The zero-order valence-corrected chi connectivity index (χ0v) is 27.4. The molecule has 0 aliphatic heterocycles. The number of amidine groups is 1. The van der Waals surface area contributed by atoms with Crippen LogP contribution in [0.4, 0.5) is 5.82 Å². The molecule has 0 aliphatic carbocycles. The summed E-state index contributed by atoms with van der Waals surface area (Å²) >= 11 is 0. The van der Waals surface area contributed by atoms with Crippen LogP contribution in [0.15, 0.2) is 77.0 Å². The molecule has 11 heteroatoms. The molecule has 0 unspecified atom stereocenters. The van der Waals surface area contributed by atoms with E-state index in [1.807, 2.05) is 41.9 Å². The molecule has 11 nitrogen and oxygen atoms in total. The van der Waals surface area contributed by atoms with Crippen LogP contribution in [0.2, 0.25) is 0 Å². The Kier molecular flexibility index (Phi) is 13.0. The molecule has 2 aromatic heterocycles. The number of amides is 2. The number of esters is 1. The number of carbonyl (C=O) groups excluding carboxylic acids is 3. The molecule has 4 rings (SSSR count). The van der Waals surface area contributed by atoms with E-state index in [9.17, 15) is 14.4 Å². The van der Waals surface area contributed by atoms with Gasteiger partial charge in [-0.1, -0.05) is 62.9 Å². The van der Waals surface area contributed by atoms with Gasteiger partial charge >= 0.3 is 5.97 Å². The summed E-state index contributed by atoms with van der Waals surface area (Å²) in [7, 11) is 1.95. The van der Waals surface area contributed by atoms with Crippen molar-refractivity contribution in [2.24, 2.45) is 17.2 Å². The molecule has 0 saturated heterocycles. The molecule has 0 spiro atoms. The van der Waals surface area contributed by atoms with Gasteiger partial charge in [-0.25, -0.2) is 15.5 Å². The van der Waals surface area contributed by atoms with Crippen LogP contribution in [-0.2, 0) is 34.2 Å². The van der Waals surface area contributed by atoms with Gasteiger partial charge in [-0.3, -0.25) is 19.3 Å². The average Bonchev–Trinajstić information content (AvgIpc) is 3.41. The van der Waals surface area contributed by atoms with E-state index in [4.69, 9.17) is 15.3 Å². The van der Waals surface area contributed by atoms with Crippen molar-refractivity contribution in [2.45, 2.75) is 71.6 Å². The number of aryl methyl sites for hydroxylation is 3. The second-order valence-electron chi connectivity index (χ2n) is 11.3. The number of nitrogens with zero attached hydrogens (tertiary/aromatic N) is 6. The number of benzene rings is 2. The molecular weight excluding hydrogens is 594 g/mol. The molecule has 0 fully saturated rings. The lowest BCUT2D eigenvalue weighted by molar-refractivity contribution is -0.142. The highest BCUT2D eigenvalue weighted by atomic mass is 16.5. The Morgan fingerprint density at radius 1 is 0.915 bits per heavy atom. The molecule has 0 aliphatic rings. The Morgan fingerprint density at radius 2 is 1.68 bits per heavy atom. The van der Waals surface area contributed by atoms with Crippen molar-refractivity contribution in [3.63, 3.8) is 0 Å². The third-order valence-electron chi connectivity index (χ3n) is 7.92. The van der Waals surface area contributed by atoms with Gasteiger partial charge in [0.25, 0.3) is 5.91 Å². The van der Waals surface area contributed by atoms with Gasteiger partial charge in [-0.05, 0) is 55.7 Å². The zero-order valence-electron chi connectivity index (χ0n) is 27.4. The number of anilines is 1. The zero-order chi connectivity index (χ0) is 33.6. The highest BCUT2D eigenvalue weighted by Gasteiger charge is 2.21. The van der Waals surface area contributed by atoms with E-state index in [0.29, 0.717) is 41.7 Å². The Morgan fingerprint density at radius 3 is 2.38 bits per heavy atom. The second kappa shape index (κ2) is 17.6. The van der Waals surface area contributed by atoms with Gasteiger partial charge in [0, 0.05) is 43.8 Å². The number of rotatable bonds is 16. The molecular formula is C36H43N7O4. The first-order valence-corrected chi connectivity index (χ1v) is 16.3. The summed E-state index contributed by atoms with van der Waals surface area (Å²) in [6, 6.07) is 18.3. The fourth-order valence-corrected chi connectivity index (χ4v) is 5.32. The summed E-state index contributed by atoms with van der Waals surface area (Å²) in [5.41, 5.74) is 11.3. The van der Waals surface area contributed by atoms with E-state index >= 15 is 0 Å². The van der Waals surface area contributed by atoms with Crippen molar-refractivity contribution in [3.05, 3.63) is 89.4 Å². The molecule has 2 amide bonds. The maximum Gasteiger partial charge on any atom is 0.307 e. The molecule has 4 aromatic rings. The number of nitrogens with one attached hydrogen (secondary N) is 1. The number of hydrogen-bond donors (Lipinski definition) is 1. The van der Waals surface area contributed by atoms with E-state index in [2.05, 4.69) is 22.0 Å². The van der Waals surface area contributed by atoms with Crippen LogP contribution in [-0.4, -0.2) is 51.3 Å². The molecule has 0 bridgehead atoms. The topological polar surface area (TPSA) is 143 Å². The van der Waals surface area contributed by atoms with Crippen molar-refractivity contribution in [2.75, 3.05) is 18.1 Å². The fourth-order valence-electron chi connectivity index (χ4n) is 5.32. The SMILES string of the molecule is CCCCCCCC(=O)N=C(N=N)c1ccc(CCc2nc3cc(C(=O)N(CCC(=O)OCC)c4ccccn4)ccc3n2C)cc1. The van der Waals surface area contributed by atoms with Gasteiger partial charge in [-0.2, -0.15) is 4.99 Å². The summed E-state index contributed by atoms with van der Waals surface area (Å²) in [5.74, 6) is 0.541. The second-order valence-corrected chi connectivity index (χ2v) is 11.3. The van der Waals surface area contributed by atoms with Crippen LogP contribution in [0.3, 0.4) is 0 Å². The minimum absolute atomic E-state index is 0.0520. The maximum absolute atomic E-state index is 13.7. The number of hydrogen-bond acceptors (Lipinski definition) is 7. The van der Waals surface area contributed by atoms with Gasteiger partial charge < -0.3 is 9.30 Å². The first-order chi connectivity index (χ1) is 22.8. The highest BCUT2D eigenvalue weighted by molar-refractivity contribution is 6.07. The summed E-state index contributed by atoms with van der Waals surface area (Å²) in [4.78, 5) is 52.7. The maximum atomic E-state index is 13.7. The number of unbranched alkanes of at least 4 members (excludes halogenated alkanes) is 4. The number of carbonyl (C=O) groups is 3. The first-order valence-electron chi connectivity index (χ1n) is 16.3. The summed E-state index contributed by atoms with van der Waals surface area (Å²) < 4.78 is 7.08. The van der Waals surface area contributed by atoms with Crippen LogP contribution in [0.5, 0.6) is 0 Å².